The van der Waals surface area contributed by atoms with E-state index in [0.717, 1.165) is 15.2 Å². The highest BCUT2D eigenvalue weighted by Crippen LogP contribution is 2.28. The Kier molecular flexibility index (Phi) is 4.80. The zero-order chi connectivity index (χ0) is 18.0. The van der Waals surface area contributed by atoms with E-state index in [0.29, 0.717) is 5.69 Å². The highest BCUT2D eigenvalue weighted by atomic mass is 32.1. The van der Waals surface area contributed by atoms with Crippen molar-refractivity contribution in [1.29, 1.82) is 0 Å². The van der Waals surface area contributed by atoms with Crippen LogP contribution in [0.4, 0.5) is 0 Å². The molecule has 0 unspecified atom stereocenters. The molecule has 3 rings (SSSR count). The molecule has 0 N–H and O–H groups in total. The van der Waals surface area contributed by atoms with E-state index in [4.69, 9.17) is 9.26 Å². The summed E-state index contributed by atoms with van der Waals surface area (Å²) in [5, 5.41) is 4.44. The number of para-hydroxylation sites is 1. The van der Waals surface area contributed by atoms with Crippen LogP contribution in [0, 0.1) is 6.92 Å². The van der Waals surface area contributed by atoms with Crippen LogP contribution in [0.3, 0.4) is 0 Å². The largest absolute Gasteiger partial charge is 0.450 e. The smallest absolute Gasteiger partial charge is 0.377 e. The van der Waals surface area contributed by atoms with E-state index in [-0.39, 0.29) is 24.3 Å². The summed E-state index contributed by atoms with van der Waals surface area (Å²) in [6, 6.07) is 9.04. The highest BCUT2D eigenvalue weighted by molar-refractivity contribution is 7.18. The van der Waals surface area contributed by atoms with E-state index in [2.05, 4.69) is 10.1 Å². The van der Waals surface area contributed by atoms with Crippen LogP contribution in [-0.4, -0.2) is 40.6 Å². The number of hydrogen-bond acceptors (Lipinski definition) is 7. The Hall–Kier alpha value is -2.74. The number of hydrogen-bond donors (Lipinski definition) is 0. The fourth-order valence-corrected chi connectivity index (χ4v) is 3.27. The first-order chi connectivity index (χ1) is 12.0. The standard InChI is InChI=1S/C17H17N3O4S/c1-10-8-13(24-19-10)17(22)23-9-15(21)20(3)11(2)16-18-12-6-4-5-7-14(12)25-16/h4-8,11H,9H2,1-3H3/t11-/m1/s1. The normalized spacial score (nSPS) is 12.1. The summed E-state index contributed by atoms with van der Waals surface area (Å²) in [4.78, 5) is 30.2. The Labute approximate surface area is 148 Å². The van der Waals surface area contributed by atoms with E-state index < -0.39 is 5.97 Å². The molecule has 1 aromatic carbocycles. The fourth-order valence-electron chi connectivity index (χ4n) is 2.21. The van der Waals surface area contributed by atoms with Gasteiger partial charge in [0.25, 0.3) is 5.91 Å². The molecule has 0 radical (unpaired) electrons. The molecule has 0 bridgehead atoms. The molecule has 0 saturated heterocycles. The minimum Gasteiger partial charge on any atom is -0.450 e. The van der Waals surface area contributed by atoms with Crippen LogP contribution in [0.2, 0.25) is 0 Å². The Balaban J connectivity index is 1.62. The van der Waals surface area contributed by atoms with Gasteiger partial charge < -0.3 is 14.2 Å². The lowest BCUT2D eigenvalue weighted by molar-refractivity contribution is -0.135. The van der Waals surface area contributed by atoms with Gasteiger partial charge in [-0.3, -0.25) is 4.79 Å². The van der Waals surface area contributed by atoms with E-state index in [1.54, 1.807) is 14.0 Å². The summed E-state index contributed by atoms with van der Waals surface area (Å²) in [5.74, 6) is -1.06. The molecule has 1 atom stereocenters. The third kappa shape index (κ3) is 3.69. The molecule has 0 aliphatic rings. The summed E-state index contributed by atoms with van der Waals surface area (Å²) >= 11 is 1.54. The van der Waals surface area contributed by atoms with Crippen LogP contribution < -0.4 is 0 Å². The van der Waals surface area contributed by atoms with Crippen LogP contribution in [0.1, 0.15) is 34.2 Å². The topological polar surface area (TPSA) is 85.5 Å². The van der Waals surface area contributed by atoms with Crippen molar-refractivity contribution < 1.29 is 18.8 Å². The van der Waals surface area contributed by atoms with E-state index in [1.165, 1.54) is 22.3 Å². The van der Waals surface area contributed by atoms with Crippen molar-refractivity contribution in [3.8, 4) is 0 Å². The number of nitrogens with zero attached hydrogens (tertiary/aromatic N) is 3. The molecule has 0 aliphatic carbocycles. The second-order valence-corrected chi connectivity index (χ2v) is 6.67. The average molecular weight is 359 g/mol. The van der Waals surface area contributed by atoms with Crippen LogP contribution in [0.15, 0.2) is 34.9 Å². The monoisotopic (exact) mass is 359 g/mol. The summed E-state index contributed by atoms with van der Waals surface area (Å²) in [5.41, 5.74) is 1.47. The molecule has 0 aliphatic heterocycles. The van der Waals surface area contributed by atoms with Crippen molar-refractivity contribution in [2.75, 3.05) is 13.7 Å². The maximum absolute atomic E-state index is 12.3. The van der Waals surface area contributed by atoms with Crippen LogP contribution in [0.25, 0.3) is 10.2 Å². The van der Waals surface area contributed by atoms with Gasteiger partial charge in [0.2, 0.25) is 5.76 Å². The van der Waals surface area contributed by atoms with Gasteiger partial charge >= 0.3 is 5.97 Å². The van der Waals surface area contributed by atoms with Crippen molar-refractivity contribution in [2.24, 2.45) is 0 Å². The van der Waals surface area contributed by atoms with Crippen molar-refractivity contribution in [1.82, 2.24) is 15.0 Å². The maximum Gasteiger partial charge on any atom is 0.377 e. The van der Waals surface area contributed by atoms with Gasteiger partial charge in [-0.15, -0.1) is 11.3 Å². The van der Waals surface area contributed by atoms with Gasteiger partial charge in [0.15, 0.2) is 6.61 Å². The van der Waals surface area contributed by atoms with Gasteiger partial charge in [0.1, 0.15) is 5.01 Å². The number of ether oxygens (including phenoxy) is 1. The van der Waals surface area contributed by atoms with Gasteiger partial charge in [-0.2, -0.15) is 0 Å². The molecule has 0 saturated carbocycles. The highest BCUT2D eigenvalue weighted by Gasteiger charge is 2.22. The molecule has 25 heavy (non-hydrogen) atoms. The van der Waals surface area contributed by atoms with E-state index >= 15 is 0 Å². The number of aryl methyl sites for hydroxylation is 1. The number of thiazole rings is 1. The molecule has 0 fully saturated rings. The molecule has 0 spiro atoms. The van der Waals surface area contributed by atoms with Crippen LogP contribution in [0.5, 0.6) is 0 Å². The minimum atomic E-state index is -0.713. The number of benzene rings is 1. The van der Waals surface area contributed by atoms with Crippen molar-refractivity contribution >= 4 is 33.4 Å². The lowest BCUT2D eigenvalue weighted by Gasteiger charge is -2.22. The van der Waals surface area contributed by atoms with Crippen LogP contribution in [-0.2, 0) is 9.53 Å². The maximum atomic E-state index is 12.3. The zero-order valence-corrected chi connectivity index (χ0v) is 14.9. The number of amides is 1. The first-order valence-electron chi connectivity index (χ1n) is 7.67. The molecular formula is C17H17N3O4S. The molecule has 8 heteroatoms. The number of rotatable bonds is 5. The summed E-state index contributed by atoms with van der Waals surface area (Å²) < 4.78 is 10.9. The van der Waals surface area contributed by atoms with Crippen LogP contribution >= 0.6 is 11.3 Å². The van der Waals surface area contributed by atoms with Gasteiger partial charge in [-0.05, 0) is 26.0 Å². The quantitative estimate of drug-likeness (QED) is 0.651. The van der Waals surface area contributed by atoms with Crippen molar-refractivity contribution in [2.45, 2.75) is 19.9 Å². The number of carbonyl (C=O) groups is 2. The number of esters is 1. The second kappa shape index (κ2) is 7.02. The number of carbonyl (C=O) groups excluding carboxylic acids is 2. The SMILES string of the molecule is Cc1cc(C(=O)OCC(=O)N(C)[C@H](C)c2nc3ccccc3s2)on1. The van der Waals surface area contributed by atoms with E-state index in [1.807, 2.05) is 31.2 Å². The third-order valence-electron chi connectivity index (χ3n) is 3.80. The Bertz CT molecular complexity index is 884. The Morgan fingerprint density at radius 2 is 2.12 bits per heavy atom. The van der Waals surface area contributed by atoms with Gasteiger partial charge in [0.05, 0.1) is 22.0 Å². The first kappa shape index (κ1) is 17.1. The number of fused-ring (bicyclic) bond motifs is 1. The molecule has 7 nitrogen and oxygen atoms in total. The molecule has 130 valence electrons. The molecule has 1 amide bonds. The third-order valence-corrected chi connectivity index (χ3v) is 5.00. The van der Waals surface area contributed by atoms with Gasteiger partial charge in [0, 0.05) is 13.1 Å². The number of likely N-dealkylation sites (N-methyl/N-ethyl adjacent to an activating group) is 1. The molecule has 2 heterocycles. The summed E-state index contributed by atoms with van der Waals surface area (Å²) in [7, 11) is 1.66. The minimum absolute atomic E-state index is 0.0211. The lowest BCUT2D eigenvalue weighted by atomic mass is 10.3. The number of aromatic nitrogens is 2. The predicted octanol–water partition coefficient (Wildman–Crippen LogP) is 2.97. The second-order valence-electron chi connectivity index (χ2n) is 5.61. The lowest BCUT2D eigenvalue weighted by Crippen LogP contribution is -2.33. The average Bonchev–Trinajstić information content (AvgIpc) is 3.24. The van der Waals surface area contributed by atoms with Gasteiger partial charge in [-0.1, -0.05) is 17.3 Å². The molecular weight excluding hydrogens is 342 g/mol. The van der Waals surface area contributed by atoms with E-state index in [9.17, 15) is 9.59 Å². The summed E-state index contributed by atoms with van der Waals surface area (Å²) in [6.45, 7) is 3.21. The van der Waals surface area contributed by atoms with Gasteiger partial charge in [-0.25, -0.2) is 9.78 Å². The molecule has 2 aromatic heterocycles. The Morgan fingerprint density at radius 1 is 1.36 bits per heavy atom. The fraction of sp³-hybridized carbons (Fsp3) is 0.294. The molecule has 3 aromatic rings. The predicted molar refractivity (Wildman–Crippen MR) is 92.3 cm³/mol. The zero-order valence-electron chi connectivity index (χ0n) is 14.1. The summed E-state index contributed by atoms with van der Waals surface area (Å²) in [6.07, 6.45) is 0. The van der Waals surface area contributed by atoms with Crippen molar-refractivity contribution in [3.63, 3.8) is 0 Å². The first-order valence-corrected chi connectivity index (χ1v) is 8.49. The Morgan fingerprint density at radius 3 is 2.80 bits per heavy atom. The van der Waals surface area contributed by atoms with Crippen molar-refractivity contribution in [3.05, 3.63) is 46.8 Å².